The van der Waals surface area contributed by atoms with E-state index in [1.54, 1.807) is 13.0 Å². The van der Waals surface area contributed by atoms with Crippen molar-refractivity contribution in [2.45, 2.75) is 13.3 Å². The summed E-state index contributed by atoms with van der Waals surface area (Å²) in [6.07, 6.45) is 1.44. The molecule has 1 amide bonds. The summed E-state index contributed by atoms with van der Waals surface area (Å²) in [6, 6.07) is 1.62. The van der Waals surface area contributed by atoms with E-state index in [0.29, 0.717) is 17.9 Å². The van der Waals surface area contributed by atoms with Gasteiger partial charge in [0.25, 0.3) is 0 Å². The number of rotatable bonds is 5. The summed E-state index contributed by atoms with van der Waals surface area (Å²) in [5.74, 6) is -1.50. The van der Waals surface area contributed by atoms with Gasteiger partial charge in [0.2, 0.25) is 5.91 Å². The van der Waals surface area contributed by atoms with Crippen LogP contribution in [0.3, 0.4) is 0 Å². The molecule has 0 aromatic carbocycles. The normalized spacial score (nSPS) is 9.81. The number of aromatic carboxylic acids is 1. The van der Waals surface area contributed by atoms with E-state index in [1.165, 1.54) is 6.20 Å². The minimum Gasteiger partial charge on any atom is -0.478 e. The highest BCUT2D eigenvalue weighted by Gasteiger charge is 2.10. The maximum atomic E-state index is 10.9. The summed E-state index contributed by atoms with van der Waals surface area (Å²) >= 11 is 0. The van der Waals surface area contributed by atoms with Gasteiger partial charge in [-0.3, -0.25) is 9.78 Å². The molecular formula is C10H13N3O3. The van der Waals surface area contributed by atoms with Crippen LogP contribution in [0.4, 0.5) is 5.69 Å². The van der Waals surface area contributed by atoms with E-state index in [2.05, 4.69) is 10.3 Å². The average Bonchev–Trinajstić information content (AvgIpc) is 2.16. The Morgan fingerprint density at radius 1 is 1.56 bits per heavy atom. The fourth-order valence-corrected chi connectivity index (χ4v) is 1.20. The highest BCUT2D eigenvalue weighted by molar-refractivity contribution is 5.93. The minimum atomic E-state index is -1.06. The van der Waals surface area contributed by atoms with Crippen molar-refractivity contribution in [2.24, 2.45) is 5.73 Å². The zero-order valence-corrected chi connectivity index (χ0v) is 8.86. The molecule has 0 radical (unpaired) electrons. The third kappa shape index (κ3) is 3.23. The SMILES string of the molecule is Cc1cc(NCCC(N)=O)c(C(=O)O)cn1. The summed E-state index contributed by atoms with van der Waals surface area (Å²) in [4.78, 5) is 25.3. The van der Waals surface area contributed by atoms with E-state index >= 15 is 0 Å². The third-order valence-electron chi connectivity index (χ3n) is 1.96. The van der Waals surface area contributed by atoms with Gasteiger partial charge >= 0.3 is 5.97 Å². The number of nitrogens with two attached hydrogens (primary N) is 1. The van der Waals surface area contributed by atoms with Crippen LogP contribution in [0.2, 0.25) is 0 Å². The molecular weight excluding hydrogens is 210 g/mol. The van der Waals surface area contributed by atoms with E-state index in [1.807, 2.05) is 0 Å². The van der Waals surface area contributed by atoms with Gasteiger partial charge in [0.15, 0.2) is 0 Å². The van der Waals surface area contributed by atoms with E-state index in [0.717, 1.165) is 0 Å². The molecule has 0 unspecified atom stereocenters. The van der Waals surface area contributed by atoms with Gasteiger partial charge in [-0.15, -0.1) is 0 Å². The second kappa shape index (κ2) is 5.11. The minimum absolute atomic E-state index is 0.0788. The van der Waals surface area contributed by atoms with Crippen molar-refractivity contribution in [2.75, 3.05) is 11.9 Å². The Morgan fingerprint density at radius 3 is 2.81 bits per heavy atom. The Kier molecular flexibility index (Phi) is 3.82. The van der Waals surface area contributed by atoms with Crippen LogP contribution in [0.25, 0.3) is 0 Å². The average molecular weight is 223 g/mol. The summed E-state index contributed by atoms with van der Waals surface area (Å²) in [6.45, 7) is 2.06. The number of carbonyl (C=O) groups excluding carboxylic acids is 1. The lowest BCUT2D eigenvalue weighted by molar-refractivity contribution is -0.117. The van der Waals surface area contributed by atoms with Gasteiger partial charge in [-0.25, -0.2) is 4.79 Å². The van der Waals surface area contributed by atoms with Crippen molar-refractivity contribution in [3.8, 4) is 0 Å². The first-order valence-corrected chi connectivity index (χ1v) is 4.73. The number of carboxylic acid groups (broad SMARTS) is 1. The molecule has 0 bridgehead atoms. The predicted octanol–water partition coefficient (Wildman–Crippen LogP) is 0.376. The lowest BCUT2D eigenvalue weighted by Crippen LogP contribution is -2.17. The van der Waals surface area contributed by atoms with Crippen LogP contribution >= 0.6 is 0 Å². The maximum absolute atomic E-state index is 10.9. The molecule has 1 heterocycles. The lowest BCUT2D eigenvalue weighted by atomic mass is 10.2. The number of pyridine rings is 1. The first-order chi connectivity index (χ1) is 7.50. The van der Waals surface area contributed by atoms with Gasteiger partial charge in [-0.1, -0.05) is 0 Å². The molecule has 0 atom stereocenters. The molecule has 1 aromatic heterocycles. The molecule has 0 fully saturated rings. The van der Waals surface area contributed by atoms with Crippen LogP contribution in [0.5, 0.6) is 0 Å². The van der Waals surface area contributed by atoms with Crippen molar-refractivity contribution in [3.05, 3.63) is 23.5 Å². The highest BCUT2D eigenvalue weighted by atomic mass is 16.4. The molecule has 0 aliphatic rings. The van der Waals surface area contributed by atoms with Gasteiger partial charge in [0, 0.05) is 24.9 Å². The fourth-order valence-electron chi connectivity index (χ4n) is 1.20. The summed E-state index contributed by atoms with van der Waals surface area (Å²) in [5.41, 5.74) is 6.20. The number of hydrogen-bond acceptors (Lipinski definition) is 4. The van der Waals surface area contributed by atoms with Crippen molar-refractivity contribution in [3.63, 3.8) is 0 Å². The second-order valence-electron chi connectivity index (χ2n) is 3.32. The first kappa shape index (κ1) is 12.0. The Balaban J connectivity index is 2.80. The number of amides is 1. The van der Waals surface area contributed by atoms with Gasteiger partial charge in [-0.05, 0) is 13.0 Å². The van der Waals surface area contributed by atoms with Crippen molar-refractivity contribution in [1.29, 1.82) is 0 Å². The monoisotopic (exact) mass is 223 g/mol. The van der Waals surface area contributed by atoms with Gasteiger partial charge in [0.1, 0.15) is 5.56 Å². The summed E-state index contributed by atoms with van der Waals surface area (Å²) in [7, 11) is 0. The van der Waals surface area contributed by atoms with Crippen LogP contribution < -0.4 is 11.1 Å². The molecule has 0 aliphatic carbocycles. The zero-order chi connectivity index (χ0) is 12.1. The number of aromatic nitrogens is 1. The number of carbonyl (C=O) groups is 2. The Bertz CT molecular complexity index is 418. The smallest absolute Gasteiger partial charge is 0.339 e. The summed E-state index contributed by atoms with van der Waals surface area (Å²) in [5, 5.41) is 11.7. The quantitative estimate of drug-likeness (QED) is 0.669. The first-order valence-electron chi connectivity index (χ1n) is 4.73. The second-order valence-corrected chi connectivity index (χ2v) is 3.32. The summed E-state index contributed by atoms with van der Waals surface area (Å²) < 4.78 is 0. The van der Waals surface area contributed by atoms with Gasteiger partial charge in [-0.2, -0.15) is 0 Å². The molecule has 1 aromatic rings. The number of anilines is 1. The number of aryl methyl sites for hydroxylation is 1. The molecule has 0 aliphatic heterocycles. The van der Waals surface area contributed by atoms with Crippen molar-refractivity contribution >= 4 is 17.6 Å². The van der Waals surface area contributed by atoms with Crippen LogP contribution in [0, 0.1) is 6.92 Å². The largest absolute Gasteiger partial charge is 0.478 e. The molecule has 6 heteroatoms. The van der Waals surface area contributed by atoms with Crippen molar-refractivity contribution < 1.29 is 14.7 Å². The highest BCUT2D eigenvalue weighted by Crippen LogP contribution is 2.15. The zero-order valence-electron chi connectivity index (χ0n) is 8.86. The Labute approximate surface area is 92.5 Å². The van der Waals surface area contributed by atoms with Crippen LogP contribution in [-0.4, -0.2) is 28.5 Å². The molecule has 0 saturated heterocycles. The Hall–Kier alpha value is -2.11. The van der Waals surface area contributed by atoms with E-state index in [4.69, 9.17) is 10.8 Å². The number of primary amides is 1. The van der Waals surface area contributed by atoms with Gasteiger partial charge in [0.05, 0.1) is 5.69 Å². The van der Waals surface area contributed by atoms with Crippen molar-refractivity contribution in [1.82, 2.24) is 4.98 Å². The van der Waals surface area contributed by atoms with Gasteiger partial charge < -0.3 is 16.2 Å². The Morgan fingerprint density at radius 2 is 2.25 bits per heavy atom. The van der Waals surface area contributed by atoms with E-state index < -0.39 is 11.9 Å². The fraction of sp³-hybridized carbons (Fsp3) is 0.300. The molecule has 86 valence electrons. The molecule has 0 spiro atoms. The van der Waals surface area contributed by atoms with Crippen LogP contribution in [0.1, 0.15) is 22.5 Å². The van der Waals surface area contributed by atoms with Crippen LogP contribution in [0.15, 0.2) is 12.3 Å². The molecule has 16 heavy (non-hydrogen) atoms. The number of nitrogens with zero attached hydrogens (tertiary/aromatic N) is 1. The molecule has 1 rings (SSSR count). The molecule has 6 nitrogen and oxygen atoms in total. The van der Waals surface area contributed by atoms with Crippen LogP contribution in [-0.2, 0) is 4.79 Å². The maximum Gasteiger partial charge on any atom is 0.339 e. The number of nitrogens with one attached hydrogen (secondary N) is 1. The number of hydrogen-bond donors (Lipinski definition) is 3. The third-order valence-corrected chi connectivity index (χ3v) is 1.96. The van der Waals surface area contributed by atoms with E-state index in [-0.39, 0.29) is 12.0 Å². The molecule has 0 saturated carbocycles. The molecule has 4 N–H and O–H groups in total. The van der Waals surface area contributed by atoms with E-state index in [9.17, 15) is 9.59 Å². The topological polar surface area (TPSA) is 105 Å². The number of carboxylic acids is 1. The standard InChI is InChI=1S/C10H13N3O3/c1-6-4-8(12-3-2-9(11)14)7(5-13-6)10(15)16/h4-5H,2-3H2,1H3,(H2,11,14)(H,12,13)(H,15,16). The lowest BCUT2D eigenvalue weighted by Gasteiger charge is -2.08. The predicted molar refractivity (Wildman–Crippen MR) is 58.2 cm³/mol.